The Morgan fingerprint density at radius 1 is 1.28 bits per heavy atom. The zero-order valence-electron chi connectivity index (χ0n) is 16.8. The van der Waals surface area contributed by atoms with Gasteiger partial charge in [0.1, 0.15) is 11.5 Å². The smallest absolute Gasteiger partial charge is 0.251 e. The van der Waals surface area contributed by atoms with Gasteiger partial charge < -0.3 is 20.0 Å². The van der Waals surface area contributed by atoms with E-state index < -0.39 is 0 Å². The van der Waals surface area contributed by atoms with Crippen LogP contribution in [0.1, 0.15) is 21.9 Å². The maximum absolute atomic E-state index is 12.4. The summed E-state index contributed by atoms with van der Waals surface area (Å²) in [5, 5.41) is 15.1. The summed E-state index contributed by atoms with van der Waals surface area (Å²) in [6.07, 6.45) is 3.57. The number of carbonyl (C=O) groups excluding carboxylic acids is 1. The van der Waals surface area contributed by atoms with Crippen molar-refractivity contribution in [1.82, 2.24) is 10.2 Å². The number of amides is 1. The van der Waals surface area contributed by atoms with Crippen LogP contribution < -0.4 is 10.6 Å². The van der Waals surface area contributed by atoms with Gasteiger partial charge in [0.25, 0.3) is 5.91 Å². The summed E-state index contributed by atoms with van der Waals surface area (Å²) in [5.41, 5.74) is 1.26. The second-order valence-electron chi connectivity index (χ2n) is 6.34. The summed E-state index contributed by atoms with van der Waals surface area (Å²) in [5.74, 6) is 3.33. The third-order valence-corrected chi connectivity index (χ3v) is 5.25. The molecular weight excluding hydrogens is 406 g/mol. The molecule has 1 aromatic carbocycles. The molecule has 2 aromatic rings. The topological polar surface area (TPSA) is 93.7 Å². The lowest BCUT2D eigenvalue weighted by molar-refractivity contribution is 0.0956. The standard InChI is InChI=1S/C20H25N5O2S2/c1-25(2)12-17-7-8-18(27-17)13-29-10-9-22-19(26)15-5-4-6-16(11-15)24-20(28-3)23-14-21/h4-8,11H,9-10,12-13H2,1-3H3,(H,22,26)(H,23,24). The monoisotopic (exact) mass is 431 g/mol. The molecule has 2 rings (SSSR count). The first kappa shape index (κ1) is 22.9. The molecule has 0 aliphatic rings. The largest absolute Gasteiger partial charge is 0.464 e. The zero-order chi connectivity index (χ0) is 21.1. The maximum Gasteiger partial charge on any atom is 0.251 e. The van der Waals surface area contributed by atoms with Crippen LogP contribution in [0.25, 0.3) is 0 Å². The van der Waals surface area contributed by atoms with Crippen molar-refractivity contribution in [1.29, 1.82) is 5.26 Å². The van der Waals surface area contributed by atoms with E-state index in [1.807, 2.05) is 38.6 Å². The number of nitriles is 1. The SMILES string of the molecule is CSC(=NC#N)Nc1cccc(C(=O)NCCSCc2ccc(CN(C)C)o2)c1. The van der Waals surface area contributed by atoms with Crippen LogP contribution in [0.5, 0.6) is 0 Å². The Balaban J connectivity index is 1.75. The van der Waals surface area contributed by atoms with Gasteiger partial charge in [-0.25, -0.2) is 0 Å². The van der Waals surface area contributed by atoms with Crippen molar-refractivity contribution in [2.45, 2.75) is 12.3 Å². The van der Waals surface area contributed by atoms with E-state index in [9.17, 15) is 4.79 Å². The molecule has 7 nitrogen and oxygen atoms in total. The maximum atomic E-state index is 12.4. The Hall–Kier alpha value is -2.41. The van der Waals surface area contributed by atoms with Crippen LogP contribution in [0.2, 0.25) is 0 Å². The molecule has 0 bridgehead atoms. The third-order valence-electron chi connectivity index (χ3n) is 3.69. The van der Waals surface area contributed by atoms with Gasteiger partial charge in [0.15, 0.2) is 5.17 Å². The summed E-state index contributed by atoms with van der Waals surface area (Å²) in [7, 11) is 4.01. The fourth-order valence-electron chi connectivity index (χ4n) is 2.44. The minimum atomic E-state index is -0.136. The molecule has 2 N–H and O–H groups in total. The molecule has 9 heteroatoms. The Bertz CT molecular complexity index is 874. The molecular formula is C20H25N5O2S2. The number of rotatable bonds is 9. The average molecular weight is 432 g/mol. The summed E-state index contributed by atoms with van der Waals surface area (Å²) in [6, 6.07) is 11.1. The fraction of sp³-hybridized carbons (Fsp3) is 0.350. The lowest BCUT2D eigenvalue weighted by Crippen LogP contribution is -2.25. The van der Waals surface area contributed by atoms with Crippen LogP contribution in [-0.4, -0.2) is 48.6 Å². The number of hydrogen-bond donors (Lipinski definition) is 2. The van der Waals surface area contributed by atoms with Crippen LogP contribution in [0.15, 0.2) is 45.8 Å². The molecule has 1 amide bonds. The molecule has 1 heterocycles. The Morgan fingerprint density at radius 3 is 2.79 bits per heavy atom. The summed E-state index contributed by atoms with van der Waals surface area (Å²) in [6.45, 7) is 1.35. The van der Waals surface area contributed by atoms with Crippen LogP contribution in [0.4, 0.5) is 5.69 Å². The number of amidine groups is 1. The highest BCUT2D eigenvalue weighted by atomic mass is 32.2. The van der Waals surface area contributed by atoms with Crippen LogP contribution in [0.3, 0.4) is 0 Å². The normalized spacial score (nSPS) is 11.3. The van der Waals surface area contributed by atoms with E-state index >= 15 is 0 Å². The van der Waals surface area contributed by atoms with Crippen molar-refractivity contribution in [2.75, 3.05) is 38.0 Å². The molecule has 0 unspecified atom stereocenters. The molecule has 0 radical (unpaired) electrons. The van der Waals surface area contributed by atoms with Gasteiger partial charge in [-0.2, -0.15) is 17.0 Å². The van der Waals surface area contributed by atoms with E-state index in [4.69, 9.17) is 9.68 Å². The first-order valence-electron chi connectivity index (χ1n) is 8.98. The molecule has 1 aromatic heterocycles. The number of furan rings is 1. The summed E-state index contributed by atoms with van der Waals surface area (Å²) >= 11 is 3.04. The van der Waals surface area contributed by atoms with E-state index in [1.165, 1.54) is 11.8 Å². The van der Waals surface area contributed by atoms with Crippen molar-refractivity contribution < 1.29 is 9.21 Å². The number of carbonyl (C=O) groups is 1. The van der Waals surface area contributed by atoms with Crippen molar-refractivity contribution >= 4 is 40.3 Å². The molecule has 0 aliphatic carbocycles. The Morgan fingerprint density at radius 2 is 2.07 bits per heavy atom. The highest BCUT2D eigenvalue weighted by Gasteiger charge is 2.08. The minimum Gasteiger partial charge on any atom is -0.464 e. The second-order valence-corrected chi connectivity index (χ2v) is 8.24. The molecule has 0 saturated heterocycles. The Labute approximate surface area is 179 Å². The molecule has 29 heavy (non-hydrogen) atoms. The predicted molar refractivity (Wildman–Crippen MR) is 121 cm³/mol. The van der Waals surface area contributed by atoms with E-state index in [-0.39, 0.29) is 5.91 Å². The fourth-order valence-corrected chi connectivity index (χ4v) is 3.54. The molecule has 0 aliphatic heterocycles. The number of hydrogen-bond acceptors (Lipinski definition) is 7. The first-order chi connectivity index (χ1) is 14.0. The van der Waals surface area contributed by atoms with Crippen molar-refractivity contribution in [3.05, 3.63) is 53.5 Å². The molecule has 154 valence electrons. The molecule has 0 atom stereocenters. The number of nitrogens with zero attached hydrogens (tertiary/aromatic N) is 3. The van der Waals surface area contributed by atoms with Crippen molar-refractivity contribution in [2.24, 2.45) is 4.99 Å². The van der Waals surface area contributed by atoms with E-state index in [0.29, 0.717) is 23.0 Å². The first-order valence-corrected chi connectivity index (χ1v) is 11.4. The number of aliphatic imine (C=N–C) groups is 1. The number of benzene rings is 1. The molecule has 0 saturated carbocycles. The average Bonchev–Trinajstić information content (AvgIpc) is 3.13. The van der Waals surface area contributed by atoms with Gasteiger partial charge in [-0.1, -0.05) is 17.8 Å². The van der Waals surface area contributed by atoms with Crippen molar-refractivity contribution in [3.63, 3.8) is 0 Å². The van der Waals surface area contributed by atoms with Gasteiger partial charge in [0.05, 0.1) is 12.3 Å². The quantitative estimate of drug-likeness (QED) is 0.271. The summed E-state index contributed by atoms with van der Waals surface area (Å²) in [4.78, 5) is 18.1. The summed E-state index contributed by atoms with van der Waals surface area (Å²) < 4.78 is 5.77. The van der Waals surface area contributed by atoms with Gasteiger partial charge in [-0.15, -0.1) is 4.99 Å². The number of nitrogens with one attached hydrogen (secondary N) is 2. The molecule has 0 fully saturated rings. The van der Waals surface area contributed by atoms with E-state index in [0.717, 1.165) is 29.6 Å². The van der Waals surface area contributed by atoms with Crippen molar-refractivity contribution in [3.8, 4) is 6.19 Å². The number of thioether (sulfide) groups is 2. The van der Waals surface area contributed by atoms with Crippen LogP contribution in [-0.2, 0) is 12.3 Å². The lowest BCUT2D eigenvalue weighted by Gasteiger charge is -2.09. The van der Waals surface area contributed by atoms with E-state index in [2.05, 4.69) is 20.5 Å². The van der Waals surface area contributed by atoms with Gasteiger partial charge in [0.2, 0.25) is 6.19 Å². The number of anilines is 1. The molecule has 0 spiro atoms. The van der Waals surface area contributed by atoms with Gasteiger partial charge in [-0.3, -0.25) is 4.79 Å². The zero-order valence-corrected chi connectivity index (χ0v) is 18.4. The van der Waals surface area contributed by atoms with Gasteiger partial charge in [0, 0.05) is 23.5 Å². The lowest BCUT2D eigenvalue weighted by atomic mass is 10.2. The Kier molecular flexibility index (Phi) is 9.64. The van der Waals surface area contributed by atoms with Gasteiger partial charge >= 0.3 is 0 Å². The second kappa shape index (κ2) is 12.2. The minimum absolute atomic E-state index is 0.136. The highest BCUT2D eigenvalue weighted by Crippen LogP contribution is 2.16. The highest BCUT2D eigenvalue weighted by molar-refractivity contribution is 8.13. The predicted octanol–water partition coefficient (Wildman–Crippen LogP) is 3.62. The van der Waals surface area contributed by atoms with Gasteiger partial charge in [-0.05, 0) is 50.7 Å². The van der Waals surface area contributed by atoms with Crippen LogP contribution >= 0.6 is 23.5 Å². The van der Waals surface area contributed by atoms with E-state index in [1.54, 1.807) is 36.2 Å². The van der Waals surface area contributed by atoms with Crippen LogP contribution in [0, 0.1) is 11.5 Å². The third kappa shape index (κ3) is 8.23.